The number of rotatable bonds is 9. The van der Waals surface area contributed by atoms with Gasteiger partial charge in [0.25, 0.3) is 0 Å². The van der Waals surface area contributed by atoms with E-state index in [9.17, 15) is 9.59 Å². The van der Waals surface area contributed by atoms with Crippen LogP contribution >= 0.6 is 0 Å². The summed E-state index contributed by atoms with van der Waals surface area (Å²) >= 11 is 0. The molecule has 2 aliphatic heterocycles. The second kappa shape index (κ2) is 12.1. The van der Waals surface area contributed by atoms with E-state index >= 15 is 0 Å². The van der Waals surface area contributed by atoms with Crippen molar-refractivity contribution in [1.29, 1.82) is 0 Å². The van der Waals surface area contributed by atoms with Gasteiger partial charge in [0, 0.05) is 26.1 Å². The highest BCUT2D eigenvalue weighted by Crippen LogP contribution is 2.33. The van der Waals surface area contributed by atoms with Crippen LogP contribution in [0.3, 0.4) is 0 Å². The lowest BCUT2D eigenvalue weighted by Gasteiger charge is -2.57. The van der Waals surface area contributed by atoms with Crippen molar-refractivity contribution in [2.75, 3.05) is 26.7 Å². The molecule has 1 unspecified atom stereocenters. The van der Waals surface area contributed by atoms with Crippen molar-refractivity contribution in [3.05, 3.63) is 71.8 Å². The Hall–Kier alpha value is -3.22. The molecule has 1 aliphatic carbocycles. The summed E-state index contributed by atoms with van der Waals surface area (Å²) in [7, 11) is 1.65. The van der Waals surface area contributed by atoms with Crippen LogP contribution in [0.1, 0.15) is 36.8 Å². The zero-order valence-electron chi connectivity index (χ0n) is 22.0. The van der Waals surface area contributed by atoms with Gasteiger partial charge in [-0.3, -0.25) is 14.9 Å². The fraction of sp³-hybridized carbons (Fsp3) is 0.467. The maximum absolute atomic E-state index is 14.0. The molecule has 2 saturated heterocycles. The van der Waals surface area contributed by atoms with Crippen LogP contribution in [0.4, 0.5) is 0 Å². The molecule has 3 aliphatic rings. The average molecular weight is 516 g/mol. The predicted octanol–water partition coefficient (Wildman–Crippen LogP) is 2.42. The van der Waals surface area contributed by atoms with Gasteiger partial charge < -0.3 is 14.5 Å². The topological polar surface area (TPSA) is 68.4 Å². The summed E-state index contributed by atoms with van der Waals surface area (Å²) in [5, 5.41) is 7.44. The van der Waals surface area contributed by atoms with Crippen LogP contribution in [0.2, 0.25) is 0 Å². The first-order chi connectivity index (χ1) is 18.6. The van der Waals surface area contributed by atoms with Crippen molar-refractivity contribution in [1.82, 2.24) is 25.1 Å². The number of nitrogens with zero attached hydrogens (tertiary/aromatic N) is 4. The fourth-order valence-corrected chi connectivity index (χ4v) is 6.13. The standard InChI is InChI=1S/C30H37N5O3/c1-3-18-32-22-28(36)34-26(19-23-12-6-4-7-13-23)29(37)33(25-16-10-11-17-25)21-27(34)35(32)30(38-2)31-20-24-14-8-5-9-15-24/h1,4-9,12-15,25-27,30-31H,10-11,16-22H2,2H3/t26-,27-,30?/m0/s1. The first kappa shape index (κ1) is 26.4. The van der Waals surface area contributed by atoms with Crippen molar-refractivity contribution < 1.29 is 14.3 Å². The number of hydrogen-bond acceptors (Lipinski definition) is 6. The van der Waals surface area contributed by atoms with Crippen LogP contribution < -0.4 is 5.32 Å². The number of benzene rings is 2. The Morgan fingerprint density at radius 2 is 1.68 bits per heavy atom. The number of terminal acetylenes is 1. The molecule has 3 fully saturated rings. The molecule has 0 bridgehead atoms. The number of piperazine rings is 1. The Bertz CT molecular complexity index is 1130. The Balaban J connectivity index is 1.49. The molecule has 0 aromatic heterocycles. The molecular weight excluding hydrogens is 478 g/mol. The molecule has 2 aromatic carbocycles. The number of carbonyl (C=O) groups is 2. The van der Waals surface area contributed by atoms with Crippen molar-refractivity contribution in [2.45, 2.75) is 63.3 Å². The van der Waals surface area contributed by atoms with Crippen molar-refractivity contribution in [3.8, 4) is 12.3 Å². The molecule has 8 heteroatoms. The molecular formula is C30H37N5O3. The Labute approximate surface area is 225 Å². The van der Waals surface area contributed by atoms with E-state index in [-0.39, 0.29) is 30.9 Å². The number of nitrogens with one attached hydrogen (secondary N) is 1. The Kier molecular flexibility index (Phi) is 8.40. The molecule has 2 aromatic rings. The lowest BCUT2D eigenvalue weighted by Crippen LogP contribution is -2.78. The van der Waals surface area contributed by atoms with Crippen molar-refractivity contribution in [2.24, 2.45) is 0 Å². The van der Waals surface area contributed by atoms with Gasteiger partial charge in [0.15, 0.2) is 6.35 Å². The third-order valence-electron chi connectivity index (χ3n) is 7.92. The summed E-state index contributed by atoms with van der Waals surface area (Å²) in [6.07, 6.45) is 9.53. The second-order valence-corrected chi connectivity index (χ2v) is 10.3. The van der Waals surface area contributed by atoms with Gasteiger partial charge in [-0.1, -0.05) is 79.4 Å². The van der Waals surface area contributed by atoms with Crippen LogP contribution in [0.15, 0.2) is 60.7 Å². The number of methoxy groups -OCH3 is 1. The van der Waals surface area contributed by atoms with Gasteiger partial charge in [-0.05, 0) is 24.0 Å². The largest absolute Gasteiger partial charge is 0.352 e. The third-order valence-corrected chi connectivity index (χ3v) is 7.92. The molecule has 0 spiro atoms. The smallest absolute Gasteiger partial charge is 0.246 e. The van der Waals surface area contributed by atoms with E-state index in [0.717, 1.165) is 36.8 Å². The molecule has 8 nitrogen and oxygen atoms in total. The fourth-order valence-electron chi connectivity index (χ4n) is 6.13. The van der Waals surface area contributed by atoms with E-state index in [0.29, 0.717) is 19.5 Å². The van der Waals surface area contributed by atoms with Crippen LogP contribution in [0, 0.1) is 12.3 Å². The first-order valence-electron chi connectivity index (χ1n) is 13.5. The first-order valence-corrected chi connectivity index (χ1v) is 13.5. The van der Waals surface area contributed by atoms with Crippen molar-refractivity contribution >= 4 is 11.8 Å². The Morgan fingerprint density at radius 1 is 1.03 bits per heavy atom. The van der Waals surface area contributed by atoms with Gasteiger partial charge in [0.2, 0.25) is 11.8 Å². The van der Waals surface area contributed by atoms with Crippen molar-refractivity contribution in [3.63, 3.8) is 0 Å². The molecule has 3 atom stereocenters. The van der Waals surface area contributed by atoms with Gasteiger partial charge in [-0.2, -0.15) is 5.01 Å². The maximum atomic E-state index is 14.0. The molecule has 0 radical (unpaired) electrons. The summed E-state index contributed by atoms with van der Waals surface area (Å²) in [4.78, 5) is 31.5. The Morgan fingerprint density at radius 3 is 2.32 bits per heavy atom. The summed E-state index contributed by atoms with van der Waals surface area (Å²) < 4.78 is 5.98. The van der Waals surface area contributed by atoms with Gasteiger partial charge >= 0.3 is 0 Å². The predicted molar refractivity (Wildman–Crippen MR) is 145 cm³/mol. The molecule has 200 valence electrons. The minimum atomic E-state index is -0.577. The number of amides is 2. The highest BCUT2D eigenvalue weighted by Gasteiger charge is 2.52. The van der Waals surface area contributed by atoms with E-state index in [1.807, 2.05) is 58.4 Å². The zero-order chi connectivity index (χ0) is 26.5. The minimum Gasteiger partial charge on any atom is -0.352 e. The average Bonchev–Trinajstić information content (AvgIpc) is 3.48. The summed E-state index contributed by atoms with van der Waals surface area (Å²) in [6.45, 7) is 1.37. The lowest BCUT2D eigenvalue weighted by atomic mass is 9.97. The van der Waals surface area contributed by atoms with Crippen LogP contribution in [-0.4, -0.2) is 83.0 Å². The highest BCUT2D eigenvalue weighted by atomic mass is 16.5. The molecule has 1 N–H and O–H groups in total. The second-order valence-electron chi connectivity index (χ2n) is 10.3. The normalized spacial score (nSPS) is 23.9. The maximum Gasteiger partial charge on any atom is 0.246 e. The van der Waals surface area contributed by atoms with Crippen LogP contribution in [0.5, 0.6) is 0 Å². The van der Waals surface area contributed by atoms with Gasteiger partial charge in [-0.25, -0.2) is 5.01 Å². The van der Waals surface area contributed by atoms with E-state index in [1.54, 1.807) is 12.0 Å². The minimum absolute atomic E-state index is 0.0434. The van der Waals surface area contributed by atoms with E-state index in [2.05, 4.69) is 28.4 Å². The molecule has 2 heterocycles. The SMILES string of the molecule is C#CCN1CC(=O)N2[C@@H](Cc3ccccc3)C(=O)N(C3CCCC3)C[C@@H]2N1C(NCc1ccccc1)OC. The number of carbonyl (C=O) groups excluding carboxylic acids is 2. The summed E-state index contributed by atoms with van der Waals surface area (Å²) in [5.41, 5.74) is 2.16. The number of fused-ring (bicyclic) bond motifs is 1. The van der Waals surface area contributed by atoms with Crippen LogP contribution in [0.25, 0.3) is 0 Å². The summed E-state index contributed by atoms with van der Waals surface area (Å²) in [5.74, 6) is 2.67. The molecule has 1 saturated carbocycles. The van der Waals surface area contributed by atoms with Gasteiger partial charge in [0.1, 0.15) is 12.2 Å². The quantitative estimate of drug-likeness (QED) is 0.409. The number of hydrogen-bond donors (Lipinski definition) is 1. The molecule has 2 amide bonds. The number of hydrazine groups is 1. The summed E-state index contributed by atoms with van der Waals surface area (Å²) in [6, 6.07) is 19.7. The number of ether oxygens (including phenoxy) is 1. The van der Waals surface area contributed by atoms with Gasteiger partial charge in [-0.15, -0.1) is 6.42 Å². The van der Waals surface area contributed by atoms with E-state index in [4.69, 9.17) is 11.2 Å². The lowest BCUT2D eigenvalue weighted by molar-refractivity contribution is -0.251. The van der Waals surface area contributed by atoms with E-state index in [1.165, 1.54) is 0 Å². The zero-order valence-corrected chi connectivity index (χ0v) is 22.0. The monoisotopic (exact) mass is 515 g/mol. The van der Waals surface area contributed by atoms with Gasteiger partial charge in [0.05, 0.1) is 19.6 Å². The van der Waals surface area contributed by atoms with Crippen LogP contribution in [-0.2, 0) is 27.3 Å². The highest BCUT2D eigenvalue weighted by molar-refractivity contribution is 5.90. The molecule has 5 rings (SSSR count). The van der Waals surface area contributed by atoms with E-state index < -0.39 is 18.6 Å². The third kappa shape index (κ3) is 5.47. The molecule has 38 heavy (non-hydrogen) atoms.